The zero-order valence-electron chi connectivity index (χ0n) is 20.3. The number of aromatic nitrogens is 4. The van der Waals surface area contributed by atoms with E-state index in [2.05, 4.69) is 20.3 Å². The highest BCUT2D eigenvalue weighted by Gasteiger charge is 2.31. The third-order valence-electron chi connectivity index (χ3n) is 6.04. The predicted octanol–water partition coefficient (Wildman–Crippen LogP) is 7.46. The molecular formula is C28H21ClF3N5O. The third kappa shape index (κ3) is 5.19. The number of carbonyl (C=O) groups is 1. The van der Waals surface area contributed by atoms with Gasteiger partial charge in [0.2, 0.25) is 0 Å². The molecule has 0 unspecified atom stereocenters. The predicted molar refractivity (Wildman–Crippen MR) is 142 cm³/mol. The van der Waals surface area contributed by atoms with E-state index in [0.29, 0.717) is 21.9 Å². The number of benzene rings is 2. The Hall–Kier alpha value is -4.37. The molecule has 2 aromatic carbocycles. The Bertz CT molecular complexity index is 1700. The molecule has 0 spiro atoms. The van der Waals surface area contributed by atoms with E-state index in [4.69, 9.17) is 11.6 Å². The number of rotatable bonds is 5. The summed E-state index contributed by atoms with van der Waals surface area (Å²) < 4.78 is 42.2. The van der Waals surface area contributed by atoms with Gasteiger partial charge in [-0.2, -0.15) is 13.2 Å². The maximum absolute atomic E-state index is 13.6. The van der Waals surface area contributed by atoms with Crippen molar-refractivity contribution in [3.8, 4) is 5.69 Å². The quantitative estimate of drug-likeness (QED) is 0.245. The largest absolute Gasteiger partial charge is 0.416 e. The van der Waals surface area contributed by atoms with Gasteiger partial charge in [0, 0.05) is 46.5 Å². The van der Waals surface area contributed by atoms with Crippen LogP contribution in [0.3, 0.4) is 0 Å². The van der Waals surface area contributed by atoms with Crippen LogP contribution in [0.25, 0.3) is 28.9 Å². The molecule has 10 heteroatoms. The van der Waals surface area contributed by atoms with Gasteiger partial charge in [0.15, 0.2) is 0 Å². The van der Waals surface area contributed by atoms with Crippen molar-refractivity contribution in [2.75, 3.05) is 5.32 Å². The monoisotopic (exact) mass is 535 g/mol. The Morgan fingerprint density at radius 1 is 1.05 bits per heavy atom. The average Bonchev–Trinajstić information content (AvgIpc) is 3.53. The molecule has 2 N–H and O–H groups in total. The standard InChI is InChI=1S/C28H21ClF3N5O/c1-16-3-4-19(9-18(16)5-6-20-13-34-26-24(25(20)29)7-8-33-26)27(38)36-22-10-21(28(30,31)32)11-23(12-22)37-14-17(2)35-15-37/h3-15H,1-2H3,(H,33,34)(H,36,38). The summed E-state index contributed by atoms with van der Waals surface area (Å²) in [5.74, 6) is -0.542. The summed E-state index contributed by atoms with van der Waals surface area (Å²) in [6, 6.07) is 10.3. The van der Waals surface area contributed by atoms with Crippen LogP contribution in [0.1, 0.15) is 38.3 Å². The molecule has 0 aliphatic carbocycles. The van der Waals surface area contributed by atoms with Gasteiger partial charge in [-0.25, -0.2) is 9.97 Å². The van der Waals surface area contributed by atoms with E-state index in [1.54, 1.807) is 49.8 Å². The van der Waals surface area contributed by atoms with Crippen LogP contribution < -0.4 is 5.32 Å². The molecule has 3 heterocycles. The molecule has 0 saturated heterocycles. The number of pyridine rings is 1. The highest BCUT2D eigenvalue weighted by atomic mass is 35.5. The molecule has 0 saturated carbocycles. The van der Waals surface area contributed by atoms with Crippen molar-refractivity contribution in [1.29, 1.82) is 0 Å². The van der Waals surface area contributed by atoms with E-state index >= 15 is 0 Å². The first-order valence-corrected chi connectivity index (χ1v) is 11.9. The van der Waals surface area contributed by atoms with Gasteiger partial charge < -0.3 is 14.9 Å². The van der Waals surface area contributed by atoms with E-state index in [9.17, 15) is 18.0 Å². The Balaban J connectivity index is 1.43. The summed E-state index contributed by atoms with van der Waals surface area (Å²) in [6.45, 7) is 3.63. The van der Waals surface area contributed by atoms with Gasteiger partial charge in [-0.15, -0.1) is 0 Å². The number of aromatic amines is 1. The molecule has 3 aromatic heterocycles. The van der Waals surface area contributed by atoms with Crippen LogP contribution >= 0.6 is 11.6 Å². The number of carbonyl (C=O) groups excluding carboxylic acids is 1. The van der Waals surface area contributed by atoms with Crippen molar-refractivity contribution in [3.05, 3.63) is 106 Å². The van der Waals surface area contributed by atoms with Gasteiger partial charge in [0.1, 0.15) is 5.65 Å². The lowest BCUT2D eigenvalue weighted by molar-refractivity contribution is -0.137. The SMILES string of the molecule is Cc1cn(-c2cc(NC(=O)c3ccc(C)c(C=Cc4cnc5[nH]ccc5c4Cl)c3)cc(C(F)(F)F)c2)cn1. The fraction of sp³-hybridized carbons (Fsp3) is 0.107. The molecule has 0 atom stereocenters. The van der Waals surface area contributed by atoms with Crippen LogP contribution in [-0.4, -0.2) is 25.4 Å². The number of halogens is 4. The van der Waals surface area contributed by atoms with Crippen LogP contribution in [0.2, 0.25) is 5.02 Å². The Kier molecular flexibility index (Phi) is 6.54. The van der Waals surface area contributed by atoms with E-state index in [-0.39, 0.29) is 16.9 Å². The van der Waals surface area contributed by atoms with Gasteiger partial charge in [-0.3, -0.25) is 4.79 Å². The van der Waals surface area contributed by atoms with Crippen LogP contribution in [0, 0.1) is 13.8 Å². The highest BCUT2D eigenvalue weighted by molar-refractivity contribution is 6.36. The molecule has 38 heavy (non-hydrogen) atoms. The van der Waals surface area contributed by atoms with Crippen LogP contribution in [0.15, 0.2) is 67.4 Å². The van der Waals surface area contributed by atoms with Crippen molar-refractivity contribution < 1.29 is 18.0 Å². The Morgan fingerprint density at radius 3 is 2.58 bits per heavy atom. The molecular weight excluding hydrogens is 515 g/mol. The lowest BCUT2D eigenvalue weighted by atomic mass is 10.0. The molecule has 6 nitrogen and oxygen atoms in total. The third-order valence-corrected chi connectivity index (χ3v) is 6.47. The number of nitrogens with zero attached hydrogens (tertiary/aromatic N) is 3. The second-order valence-corrected chi connectivity index (χ2v) is 9.19. The van der Waals surface area contributed by atoms with Crippen molar-refractivity contribution >= 4 is 46.4 Å². The maximum Gasteiger partial charge on any atom is 0.416 e. The molecule has 0 radical (unpaired) electrons. The number of alkyl halides is 3. The highest BCUT2D eigenvalue weighted by Crippen LogP contribution is 2.33. The number of hydrogen-bond acceptors (Lipinski definition) is 3. The number of H-pyrrole nitrogens is 1. The number of imidazole rings is 1. The minimum absolute atomic E-state index is 0.0153. The summed E-state index contributed by atoms with van der Waals surface area (Å²) in [5.41, 5.74) is 3.35. The minimum atomic E-state index is -4.59. The average molecular weight is 536 g/mol. The number of aryl methyl sites for hydroxylation is 2. The Labute approximate surface area is 220 Å². The van der Waals surface area contributed by atoms with Gasteiger partial charge in [-0.05, 0) is 61.4 Å². The molecule has 5 aromatic rings. The minimum Gasteiger partial charge on any atom is -0.346 e. The first kappa shape index (κ1) is 25.3. The van der Waals surface area contributed by atoms with Crippen molar-refractivity contribution in [1.82, 2.24) is 19.5 Å². The summed E-state index contributed by atoms with van der Waals surface area (Å²) in [4.78, 5) is 24.5. The summed E-state index contributed by atoms with van der Waals surface area (Å²) in [5, 5.41) is 3.95. The molecule has 0 bridgehead atoms. The van der Waals surface area contributed by atoms with Gasteiger partial charge in [0.05, 0.1) is 22.6 Å². The number of fused-ring (bicyclic) bond motifs is 1. The first-order valence-electron chi connectivity index (χ1n) is 11.5. The molecule has 0 fully saturated rings. The fourth-order valence-electron chi connectivity index (χ4n) is 4.01. The van der Waals surface area contributed by atoms with E-state index in [1.807, 2.05) is 19.1 Å². The fourth-order valence-corrected chi connectivity index (χ4v) is 4.27. The second kappa shape index (κ2) is 9.83. The molecule has 5 rings (SSSR count). The summed E-state index contributed by atoms with van der Waals surface area (Å²) in [7, 11) is 0. The summed E-state index contributed by atoms with van der Waals surface area (Å²) in [6.07, 6.45) is 5.46. The zero-order valence-corrected chi connectivity index (χ0v) is 21.0. The number of hydrogen-bond donors (Lipinski definition) is 2. The molecule has 192 valence electrons. The molecule has 0 aliphatic rings. The number of anilines is 1. The maximum atomic E-state index is 13.6. The van der Waals surface area contributed by atoms with Crippen LogP contribution in [-0.2, 0) is 6.18 Å². The van der Waals surface area contributed by atoms with Gasteiger partial charge >= 0.3 is 6.18 Å². The van der Waals surface area contributed by atoms with Crippen LogP contribution in [0.5, 0.6) is 0 Å². The normalized spacial score (nSPS) is 11.9. The van der Waals surface area contributed by atoms with Crippen molar-refractivity contribution in [3.63, 3.8) is 0 Å². The van der Waals surface area contributed by atoms with Gasteiger partial charge in [-0.1, -0.05) is 29.8 Å². The van der Waals surface area contributed by atoms with E-state index in [1.165, 1.54) is 17.0 Å². The second-order valence-electron chi connectivity index (χ2n) is 8.81. The van der Waals surface area contributed by atoms with Crippen molar-refractivity contribution in [2.24, 2.45) is 0 Å². The summed E-state index contributed by atoms with van der Waals surface area (Å²) >= 11 is 6.50. The topological polar surface area (TPSA) is 75.6 Å². The lowest BCUT2D eigenvalue weighted by Gasteiger charge is -2.14. The Morgan fingerprint density at radius 2 is 1.84 bits per heavy atom. The van der Waals surface area contributed by atoms with E-state index < -0.39 is 17.6 Å². The van der Waals surface area contributed by atoms with Gasteiger partial charge in [0.25, 0.3) is 5.91 Å². The molecule has 1 amide bonds. The smallest absolute Gasteiger partial charge is 0.346 e. The van der Waals surface area contributed by atoms with Crippen molar-refractivity contribution in [2.45, 2.75) is 20.0 Å². The molecule has 0 aliphatic heterocycles. The van der Waals surface area contributed by atoms with Crippen LogP contribution in [0.4, 0.5) is 18.9 Å². The lowest BCUT2D eigenvalue weighted by Crippen LogP contribution is -2.14. The zero-order chi connectivity index (χ0) is 27.0. The van der Waals surface area contributed by atoms with E-state index in [0.717, 1.165) is 28.6 Å². The first-order chi connectivity index (χ1) is 18.1. The number of amides is 1. The number of nitrogens with one attached hydrogen (secondary N) is 2.